The average molecular weight is 281 g/mol. The Morgan fingerprint density at radius 2 is 2.14 bits per heavy atom. The highest BCUT2D eigenvalue weighted by Gasteiger charge is 2.29. The second-order valence-electron chi connectivity index (χ2n) is 5.47. The lowest BCUT2D eigenvalue weighted by molar-refractivity contribution is 0.0952. The summed E-state index contributed by atoms with van der Waals surface area (Å²) in [6.45, 7) is 6.11. The van der Waals surface area contributed by atoms with E-state index in [0.717, 1.165) is 11.4 Å². The number of amides is 1. The van der Waals surface area contributed by atoms with Gasteiger partial charge < -0.3 is 5.32 Å². The fraction of sp³-hybridized carbons (Fsp3) is 0.294. The summed E-state index contributed by atoms with van der Waals surface area (Å²) in [4.78, 5) is 12.1. The maximum Gasteiger partial charge on any atom is 0.272 e. The maximum absolute atomic E-state index is 12.1. The number of aryl methyl sites for hydroxylation is 1. The Morgan fingerprint density at radius 3 is 2.76 bits per heavy atom. The van der Waals surface area contributed by atoms with Gasteiger partial charge in [0.05, 0.1) is 5.69 Å². The molecule has 1 amide bonds. The van der Waals surface area contributed by atoms with Crippen molar-refractivity contribution in [1.82, 2.24) is 15.1 Å². The third-order valence-corrected chi connectivity index (χ3v) is 3.65. The van der Waals surface area contributed by atoms with E-state index in [0.29, 0.717) is 18.2 Å². The van der Waals surface area contributed by atoms with Gasteiger partial charge in [-0.05, 0) is 38.0 Å². The molecule has 0 atom stereocenters. The van der Waals surface area contributed by atoms with Gasteiger partial charge >= 0.3 is 0 Å². The summed E-state index contributed by atoms with van der Waals surface area (Å²) in [5.74, 6) is 0.377. The Morgan fingerprint density at radius 1 is 1.43 bits per heavy atom. The lowest BCUT2D eigenvalue weighted by Crippen LogP contribution is -2.23. The van der Waals surface area contributed by atoms with Crippen LogP contribution in [-0.2, 0) is 0 Å². The van der Waals surface area contributed by atoms with Crippen molar-refractivity contribution in [1.29, 1.82) is 0 Å². The number of hydrogen-bond acceptors (Lipinski definition) is 2. The maximum atomic E-state index is 12.1. The molecule has 1 fully saturated rings. The fourth-order valence-corrected chi connectivity index (χ4v) is 2.32. The fourth-order valence-electron chi connectivity index (χ4n) is 2.32. The van der Waals surface area contributed by atoms with Gasteiger partial charge in [0.1, 0.15) is 0 Å². The Balaban J connectivity index is 1.95. The summed E-state index contributed by atoms with van der Waals surface area (Å²) < 4.78 is 1.90. The van der Waals surface area contributed by atoms with Gasteiger partial charge in [0.15, 0.2) is 5.69 Å². The minimum atomic E-state index is -0.150. The summed E-state index contributed by atoms with van der Waals surface area (Å²) in [7, 11) is 0. The molecule has 2 aromatic rings. The van der Waals surface area contributed by atoms with Crippen LogP contribution in [0.2, 0.25) is 0 Å². The largest absolute Gasteiger partial charge is 0.347 e. The van der Waals surface area contributed by atoms with Crippen LogP contribution in [-0.4, -0.2) is 22.2 Å². The topological polar surface area (TPSA) is 46.9 Å². The molecule has 1 aliphatic carbocycles. The lowest BCUT2D eigenvalue weighted by atomic mass is 10.2. The molecule has 108 valence electrons. The molecule has 0 spiro atoms. The molecule has 0 unspecified atom stereocenters. The molecule has 1 aromatic heterocycles. The van der Waals surface area contributed by atoms with E-state index in [1.807, 2.05) is 22.9 Å². The molecular weight excluding hydrogens is 262 g/mol. The highest BCUT2D eigenvalue weighted by molar-refractivity contribution is 5.92. The first-order valence-electron chi connectivity index (χ1n) is 7.25. The third-order valence-electron chi connectivity index (χ3n) is 3.65. The zero-order valence-electron chi connectivity index (χ0n) is 12.2. The third kappa shape index (κ3) is 2.89. The van der Waals surface area contributed by atoms with Gasteiger partial charge in [-0.3, -0.25) is 4.79 Å². The van der Waals surface area contributed by atoms with E-state index in [-0.39, 0.29) is 5.91 Å². The predicted octanol–water partition coefficient (Wildman–Crippen LogP) is 2.97. The molecule has 21 heavy (non-hydrogen) atoms. The zero-order chi connectivity index (χ0) is 14.8. The van der Waals surface area contributed by atoms with Gasteiger partial charge in [-0.2, -0.15) is 5.10 Å². The minimum Gasteiger partial charge on any atom is -0.347 e. The molecule has 3 rings (SSSR count). The van der Waals surface area contributed by atoms with E-state index < -0.39 is 0 Å². The molecule has 0 bridgehead atoms. The normalized spacial score (nSPS) is 14.0. The van der Waals surface area contributed by atoms with Crippen LogP contribution in [0, 0.1) is 6.92 Å². The number of carbonyl (C=O) groups is 1. The van der Waals surface area contributed by atoms with E-state index in [2.05, 4.69) is 36.1 Å². The summed E-state index contributed by atoms with van der Waals surface area (Å²) in [5, 5.41) is 7.27. The molecule has 0 saturated heterocycles. The second kappa shape index (κ2) is 5.56. The Hall–Kier alpha value is -2.36. The first-order chi connectivity index (χ1) is 10.2. The number of nitrogens with one attached hydrogen (secondary N) is 1. The lowest BCUT2D eigenvalue weighted by Gasteiger charge is -2.06. The van der Waals surface area contributed by atoms with Crippen LogP contribution in [0.4, 0.5) is 0 Å². The van der Waals surface area contributed by atoms with Crippen molar-refractivity contribution in [2.75, 3.05) is 6.54 Å². The van der Waals surface area contributed by atoms with Gasteiger partial charge in [0.25, 0.3) is 5.91 Å². The van der Waals surface area contributed by atoms with Crippen molar-refractivity contribution in [3.63, 3.8) is 0 Å². The SMILES string of the molecule is C=CCNC(=O)c1cc(C2CC2)n(-c2ccc(C)cc2)n1. The monoisotopic (exact) mass is 281 g/mol. The summed E-state index contributed by atoms with van der Waals surface area (Å²) >= 11 is 0. The van der Waals surface area contributed by atoms with Gasteiger partial charge in [0.2, 0.25) is 0 Å². The van der Waals surface area contributed by atoms with Crippen molar-refractivity contribution >= 4 is 5.91 Å². The highest BCUT2D eigenvalue weighted by atomic mass is 16.1. The second-order valence-corrected chi connectivity index (χ2v) is 5.47. The van der Waals surface area contributed by atoms with Crippen molar-refractivity contribution in [3.05, 3.63) is 59.9 Å². The standard InChI is InChI=1S/C17H19N3O/c1-3-10-18-17(21)15-11-16(13-6-7-13)20(19-15)14-8-4-12(2)5-9-14/h3-5,8-9,11,13H,1,6-7,10H2,2H3,(H,18,21). The molecule has 1 aliphatic rings. The van der Waals surface area contributed by atoms with E-state index in [4.69, 9.17) is 0 Å². The smallest absolute Gasteiger partial charge is 0.272 e. The van der Waals surface area contributed by atoms with Crippen LogP contribution in [0.15, 0.2) is 43.0 Å². The predicted molar refractivity (Wildman–Crippen MR) is 82.8 cm³/mol. The van der Waals surface area contributed by atoms with Crippen LogP contribution in [0.1, 0.15) is 40.5 Å². The van der Waals surface area contributed by atoms with Crippen LogP contribution in [0.25, 0.3) is 5.69 Å². The van der Waals surface area contributed by atoms with Crippen molar-refractivity contribution in [2.45, 2.75) is 25.7 Å². The molecule has 4 nitrogen and oxygen atoms in total. The minimum absolute atomic E-state index is 0.150. The average Bonchev–Trinajstić information content (AvgIpc) is 3.24. The van der Waals surface area contributed by atoms with Crippen molar-refractivity contribution < 1.29 is 4.79 Å². The van der Waals surface area contributed by atoms with Crippen LogP contribution in [0.3, 0.4) is 0 Å². The van der Waals surface area contributed by atoms with Crippen LogP contribution < -0.4 is 5.32 Å². The number of carbonyl (C=O) groups excluding carboxylic acids is 1. The number of hydrogen-bond donors (Lipinski definition) is 1. The molecule has 0 aliphatic heterocycles. The Labute approximate surface area is 124 Å². The molecule has 0 radical (unpaired) electrons. The highest BCUT2D eigenvalue weighted by Crippen LogP contribution is 2.41. The summed E-state index contributed by atoms with van der Waals surface area (Å²) in [6, 6.07) is 10.1. The van der Waals surface area contributed by atoms with E-state index in [9.17, 15) is 4.79 Å². The Bertz CT molecular complexity index is 666. The van der Waals surface area contributed by atoms with Gasteiger partial charge in [-0.15, -0.1) is 6.58 Å². The van der Waals surface area contributed by atoms with E-state index in [1.54, 1.807) is 6.08 Å². The first-order valence-corrected chi connectivity index (χ1v) is 7.25. The molecule has 4 heteroatoms. The molecule has 1 saturated carbocycles. The zero-order valence-corrected chi connectivity index (χ0v) is 12.2. The molecule has 1 N–H and O–H groups in total. The molecule has 1 heterocycles. The van der Waals surface area contributed by atoms with Gasteiger partial charge in [-0.1, -0.05) is 23.8 Å². The van der Waals surface area contributed by atoms with E-state index >= 15 is 0 Å². The number of benzene rings is 1. The summed E-state index contributed by atoms with van der Waals surface area (Å²) in [5.41, 5.74) is 3.81. The van der Waals surface area contributed by atoms with Gasteiger partial charge in [0, 0.05) is 18.2 Å². The van der Waals surface area contributed by atoms with Gasteiger partial charge in [-0.25, -0.2) is 4.68 Å². The molecular formula is C17H19N3O. The molecule has 1 aromatic carbocycles. The number of aromatic nitrogens is 2. The van der Waals surface area contributed by atoms with E-state index in [1.165, 1.54) is 18.4 Å². The Kier molecular flexibility index (Phi) is 3.60. The summed E-state index contributed by atoms with van der Waals surface area (Å²) in [6.07, 6.45) is 4.01. The quantitative estimate of drug-likeness (QED) is 0.856. The number of nitrogens with zero attached hydrogens (tertiary/aromatic N) is 2. The first kappa shape index (κ1) is 13.6. The number of rotatable bonds is 5. The van der Waals surface area contributed by atoms with Crippen LogP contribution in [0.5, 0.6) is 0 Å². The van der Waals surface area contributed by atoms with Crippen molar-refractivity contribution in [2.24, 2.45) is 0 Å². The van der Waals surface area contributed by atoms with Crippen LogP contribution >= 0.6 is 0 Å². The van der Waals surface area contributed by atoms with Crippen molar-refractivity contribution in [3.8, 4) is 5.69 Å².